The number of halogens is 3. The molecule has 4 aromatic rings. The average Bonchev–Trinajstić information content (AvgIpc) is 3.14. The molecule has 1 aliphatic heterocycles. The Balaban J connectivity index is 1.63. The summed E-state index contributed by atoms with van der Waals surface area (Å²) in [6.07, 6.45) is -4.42. The molecule has 7 heteroatoms. The topological polar surface area (TPSA) is 42.2 Å². The summed E-state index contributed by atoms with van der Waals surface area (Å²) in [6, 6.07) is 28.3. The van der Waals surface area contributed by atoms with Gasteiger partial charge in [-0.25, -0.2) is 0 Å². The van der Waals surface area contributed by atoms with E-state index in [-0.39, 0.29) is 0 Å². The summed E-state index contributed by atoms with van der Waals surface area (Å²) in [5, 5.41) is 9.43. The molecule has 1 aliphatic rings. The normalized spacial score (nSPS) is 16.2. The van der Waals surface area contributed by atoms with Gasteiger partial charge >= 0.3 is 13.3 Å². The molecule has 0 unspecified atom stereocenters. The van der Waals surface area contributed by atoms with E-state index in [4.69, 9.17) is 9.31 Å². The molecule has 5 rings (SSSR count). The molecule has 0 N–H and O–H groups in total. The number of hydrogen-bond acceptors (Lipinski definition) is 3. The van der Waals surface area contributed by atoms with Crippen LogP contribution in [0.3, 0.4) is 0 Å². The van der Waals surface area contributed by atoms with Crippen molar-refractivity contribution in [2.24, 2.45) is 0 Å². The number of benzene rings is 4. The number of hydrogen-bond donors (Lipinski definition) is 0. The van der Waals surface area contributed by atoms with Gasteiger partial charge in [-0.05, 0) is 103 Å². The quantitative estimate of drug-likeness (QED) is 0.255. The van der Waals surface area contributed by atoms with Crippen molar-refractivity contribution in [3.05, 3.63) is 102 Å². The molecule has 4 aromatic carbocycles. The van der Waals surface area contributed by atoms with Crippen LogP contribution in [0.15, 0.2) is 91.0 Å². The Hall–Kier alpha value is -3.86. The molecule has 0 saturated carbocycles. The van der Waals surface area contributed by atoms with Crippen molar-refractivity contribution in [2.75, 3.05) is 0 Å². The van der Waals surface area contributed by atoms with Crippen LogP contribution < -0.4 is 5.46 Å². The lowest BCUT2D eigenvalue weighted by Gasteiger charge is -2.32. The third-order valence-corrected chi connectivity index (χ3v) is 7.52. The Morgan fingerprint density at radius 3 is 1.67 bits per heavy atom. The SMILES string of the molecule is CC1(C)OB(c2cc(-c3cccc(C#N)c3)cc(-c3cccc(-c4cccc(C(F)(F)F)c4)c3)c2)OC1(C)C. The summed E-state index contributed by atoms with van der Waals surface area (Å²) in [4.78, 5) is 0. The molecule has 1 saturated heterocycles. The molecule has 0 aromatic heterocycles. The first kappa shape index (κ1) is 26.7. The Labute approximate surface area is 227 Å². The highest BCUT2D eigenvalue weighted by Gasteiger charge is 2.51. The maximum absolute atomic E-state index is 13.3. The second-order valence-electron chi connectivity index (χ2n) is 10.8. The van der Waals surface area contributed by atoms with Gasteiger partial charge in [0.15, 0.2) is 0 Å². The smallest absolute Gasteiger partial charge is 0.399 e. The van der Waals surface area contributed by atoms with Crippen molar-refractivity contribution in [1.82, 2.24) is 0 Å². The molecule has 196 valence electrons. The van der Waals surface area contributed by atoms with Crippen LogP contribution >= 0.6 is 0 Å². The van der Waals surface area contributed by atoms with Gasteiger partial charge in [0.05, 0.1) is 28.4 Å². The number of alkyl halides is 3. The van der Waals surface area contributed by atoms with E-state index in [0.29, 0.717) is 16.7 Å². The molecule has 39 heavy (non-hydrogen) atoms. The van der Waals surface area contributed by atoms with Crippen LogP contribution in [0, 0.1) is 11.3 Å². The number of rotatable bonds is 4. The standard InChI is InChI=1S/C32H27BF3NO2/c1-30(2)31(3,4)39-33(38-30)29-18-26(22-9-5-8-21(14-22)20-37)16-27(19-29)24-11-6-10-23(15-24)25-12-7-13-28(17-25)32(34,35)36/h5-19H,1-4H3. The molecule has 1 fully saturated rings. The zero-order valence-corrected chi connectivity index (χ0v) is 22.1. The molecule has 0 amide bonds. The van der Waals surface area contributed by atoms with Crippen LogP contribution in [0.25, 0.3) is 33.4 Å². The van der Waals surface area contributed by atoms with Crippen molar-refractivity contribution in [3.63, 3.8) is 0 Å². The largest absolute Gasteiger partial charge is 0.494 e. The van der Waals surface area contributed by atoms with Crippen LogP contribution in [-0.4, -0.2) is 18.3 Å². The summed E-state index contributed by atoms with van der Waals surface area (Å²) in [5.74, 6) is 0. The van der Waals surface area contributed by atoms with Gasteiger partial charge in [-0.15, -0.1) is 0 Å². The summed E-state index contributed by atoms with van der Waals surface area (Å²) in [5.41, 5.74) is 4.19. The van der Waals surface area contributed by atoms with Crippen molar-refractivity contribution in [1.29, 1.82) is 5.26 Å². The van der Waals surface area contributed by atoms with Gasteiger partial charge in [-0.3, -0.25) is 0 Å². The second kappa shape index (κ2) is 9.71. The van der Waals surface area contributed by atoms with E-state index in [9.17, 15) is 18.4 Å². The first-order chi connectivity index (χ1) is 18.4. The minimum Gasteiger partial charge on any atom is -0.399 e. The Morgan fingerprint density at radius 2 is 1.10 bits per heavy atom. The molecule has 0 radical (unpaired) electrons. The van der Waals surface area contributed by atoms with Gasteiger partial charge in [0.1, 0.15) is 0 Å². The fourth-order valence-electron chi connectivity index (χ4n) is 4.62. The zero-order chi connectivity index (χ0) is 28.0. The second-order valence-corrected chi connectivity index (χ2v) is 10.8. The maximum atomic E-state index is 13.3. The first-order valence-electron chi connectivity index (χ1n) is 12.7. The van der Waals surface area contributed by atoms with Crippen LogP contribution in [0.1, 0.15) is 38.8 Å². The van der Waals surface area contributed by atoms with Crippen molar-refractivity contribution < 1.29 is 22.5 Å². The van der Waals surface area contributed by atoms with Crippen LogP contribution in [0.5, 0.6) is 0 Å². The molecular formula is C32H27BF3NO2. The van der Waals surface area contributed by atoms with E-state index < -0.39 is 30.1 Å². The van der Waals surface area contributed by atoms with Gasteiger partial charge in [0, 0.05) is 0 Å². The zero-order valence-electron chi connectivity index (χ0n) is 22.1. The Bertz CT molecular complexity index is 1570. The maximum Gasteiger partial charge on any atom is 0.494 e. The van der Waals surface area contributed by atoms with E-state index in [1.807, 2.05) is 82.3 Å². The van der Waals surface area contributed by atoms with Gasteiger partial charge < -0.3 is 9.31 Å². The minimum absolute atomic E-state index is 0.482. The lowest BCUT2D eigenvalue weighted by atomic mass is 9.76. The number of nitriles is 1. The van der Waals surface area contributed by atoms with Crippen LogP contribution in [0.4, 0.5) is 13.2 Å². The molecule has 0 atom stereocenters. The van der Waals surface area contributed by atoms with Gasteiger partial charge in [0.2, 0.25) is 0 Å². The molecule has 3 nitrogen and oxygen atoms in total. The van der Waals surface area contributed by atoms with Gasteiger partial charge in [-0.1, -0.05) is 54.6 Å². The molecular weight excluding hydrogens is 498 g/mol. The Kier molecular flexibility index (Phi) is 6.66. The summed E-state index contributed by atoms with van der Waals surface area (Å²) >= 11 is 0. The fourth-order valence-corrected chi connectivity index (χ4v) is 4.62. The highest BCUT2D eigenvalue weighted by Crippen LogP contribution is 2.38. The predicted octanol–water partition coefficient (Wildman–Crippen LogP) is 7.88. The highest BCUT2D eigenvalue weighted by atomic mass is 19.4. The van der Waals surface area contributed by atoms with Gasteiger partial charge in [0.25, 0.3) is 0 Å². The van der Waals surface area contributed by atoms with E-state index in [1.54, 1.807) is 18.2 Å². The lowest BCUT2D eigenvalue weighted by Crippen LogP contribution is -2.41. The average molecular weight is 525 g/mol. The summed E-state index contributed by atoms with van der Waals surface area (Å²) < 4.78 is 52.7. The van der Waals surface area contributed by atoms with Crippen molar-refractivity contribution in [2.45, 2.75) is 45.1 Å². The highest BCUT2D eigenvalue weighted by molar-refractivity contribution is 6.62. The van der Waals surface area contributed by atoms with Gasteiger partial charge in [-0.2, -0.15) is 18.4 Å². The molecule has 1 heterocycles. The third-order valence-electron chi connectivity index (χ3n) is 7.52. The number of nitrogens with zero attached hydrogens (tertiary/aromatic N) is 1. The van der Waals surface area contributed by atoms with Crippen LogP contribution in [0.2, 0.25) is 0 Å². The fraction of sp³-hybridized carbons (Fsp3) is 0.219. The van der Waals surface area contributed by atoms with E-state index in [2.05, 4.69) is 6.07 Å². The first-order valence-corrected chi connectivity index (χ1v) is 12.7. The van der Waals surface area contributed by atoms with E-state index in [1.165, 1.54) is 12.1 Å². The van der Waals surface area contributed by atoms with Crippen molar-refractivity contribution >= 4 is 12.6 Å². The van der Waals surface area contributed by atoms with E-state index >= 15 is 0 Å². The molecule has 0 bridgehead atoms. The Morgan fingerprint density at radius 1 is 0.641 bits per heavy atom. The third kappa shape index (κ3) is 5.36. The monoisotopic (exact) mass is 525 g/mol. The predicted molar refractivity (Wildman–Crippen MR) is 148 cm³/mol. The van der Waals surface area contributed by atoms with Crippen LogP contribution in [-0.2, 0) is 15.5 Å². The molecule has 0 aliphatic carbocycles. The lowest BCUT2D eigenvalue weighted by molar-refractivity contribution is -0.137. The summed E-state index contributed by atoms with van der Waals surface area (Å²) in [7, 11) is -0.612. The van der Waals surface area contributed by atoms with E-state index in [0.717, 1.165) is 33.8 Å². The molecule has 0 spiro atoms. The van der Waals surface area contributed by atoms with Crippen molar-refractivity contribution in [3.8, 4) is 39.4 Å². The minimum atomic E-state index is -4.42. The summed E-state index contributed by atoms with van der Waals surface area (Å²) in [6.45, 7) is 7.97.